The minimum atomic E-state index is -0.583. The zero-order valence-corrected chi connectivity index (χ0v) is 14.1. The number of nitrogens with one attached hydrogen (secondary N) is 1. The first kappa shape index (κ1) is 16.3. The van der Waals surface area contributed by atoms with Crippen molar-refractivity contribution in [3.8, 4) is 11.4 Å². The summed E-state index contributed by atoms with van der Waals surface area (Å²) in [5.74, 6) is 0.508. The van der Waals surface area contributed by atoms with Gasteiger partial charge in [0.1, 0.15) is 5.75 Å². The Labute approximate surface area is 149 Å². The number of ether oxygens (including phenoxy) is 1. The monoisotopic (exact) mass is 352 g/mol. The molecule has 6 nitrogen and oxygen atoms in total. The molecule has 26 heavy (non-hydrogen) atoms. The van der Waals surface area contributed by atoms with Gasteiger partial charge in [0.2, 0.25) is 11.9 Å². The van der Waals surface area contributed by atoms with Gasteiger partial charge in [0.25, 0.3) is 0 Å². The quantitative estimate of drug-likeness (QED) is 0.717. The van der Waals surface area contributed by atoms with Gasteiger partial charge in [-0.05, 0) is 36.6 Å². The molecule has 1 saturated carbocycles. The van der Waals surface area contributed by atoms with Crippen molar-refractivity contribution < 1.29 is 13.9 Å². The van der Waals surface area contributed by atoms with Crippen molar-refractivity contribution in [3.63, 3.8) is 0 Å². The van der Waals surface area contributed by atoms with Gasteiger partial charge in [0, 0.05) is 24.5 Å². The van der Waals surface area contributed by atoms with Crippen LogP contribution in [0, 0.1) is 5.95 Å². The van der Waals surface area contributed by atoms with Crippen LogP contribution in [0.25, 0.3) is 5.69 Å². The third-order valence-electron chi connectivity index (χ3n) is 4.63. The molecule has 1 amide bonds. The van der Waals surface area contributed by atoms with Crippen LogP contribution in [0.5, 0.6) is 5.75 Å². The fourth-order valence-corrected chi connectivity index (χ4v) is 2.99. The van der Waals surface area contributed by atoms with Crippen LogP contribution in [0.2, 0.25) is 0 Å². The molecule has 7 heteroatoms. The summed E-state index contributed by atoms with van der Waals surface area (Å²) in [7, 11) is 1.61. The summed E-state index contributed by atoms with van der Waals surface area (Å²) in [6.45, 7) is 0. The maximum Gasteiger partial charge on any atom is 0.236 e. The maximum absolute atomic E-state index is 13.2. The highest BCUT2D eigenvalue weighted by atomic mass is 19.1. The minimum Gasteiger partial charge on any atom is -0.497 e. The zero-order valence-electron chi connectivity index (χ0n) is 14.1. The molecule has 1 N–H and O–H groups in total. The molecule has 1 aliphatic rings. The lowest BCUT2D eigenvalue weighted by Gasteiger charge is -2.15. The number of nitrogens with zero attached hydrogens (tertiary/aromatic N) is 3. The SMILES string of the molecule is COc1ccc(C2(C(=O)Nc3ccn(-c4ccnc(F)c4)n3)CC2)cc1. The summed E-state index contributed by atoms with van der Waals surface area (Å²) < 4.78 is 19.9. The van der Waals surface area contributed by atoms with Gasteiger partial charge in [-0.1, -0.05) is 12.1 Å². The fraction of sp³-hybridized carbons (Fsp3) is 0.211. The van der Waals surface area contributed by atoms with Crippen LogP contribution in [0.15, 0.2) is 54.9 Å². The van der Waals surface area contributed by atoms with E-state index in [1.165, 1.54) is 16.9 Å². The largest absolute Gasteiger partial charge is 0.497 e. The number of amides is 1. The van der Waals surface area contributed by atoms with Crippen LogP contribution < -0.4 is 10.1 Å². The second kappa shape index (κ2) is 6.25. The highest BCUT2D eigenvalue weighted by Crippen LogP contribution is 2.49. The van der Waals surface area contributed by atoms with Crippen LogP contribution in [0.1, 0.15) is 18.4 Å². The highest BCUT2D eigenvalue weighted by molar-refractivity contribution is 6.00. The van der Waals surface area contributed by atoms with E-state index in [0.717, 1.165) is 24.2 Å². The molecule has 2 aromatic heterocycles. The van der Waals surface area contributed by atoms with Gasteiger partial charge in [0.15, 0.2) is 5.82 Å². The van der Waals surface area contributed by atoms with Gasteiger partial charge in [-0.2, -0.15) is 9.49 Å². The number of rotatable bonds is 5. The summed E-state index contributed by atoms with van der Waals surface area (Å²) >= 11 is 0. The Balaban J connectivity index is 1.51. The van der Waals surface area contributed by atoms with E-state index in [1.807, 2.05) is 24.3 Å². The van der Waals surface area contributed by atoms with E-state index in [4.69, 9.17) is 4.74 Å². The number of benzene rings is 1. The molecule has 0 bridgehead atoms. The molecule has 0 radical (unpaired) electrons. The fourth-order valence-electron chi connectivity index (χ4n) is 2.99. The molecular weight excluding hydrogens is 335 g/mol. The second-order valence-electron chi connectivity index (χ2n) is 6.25. The van der Waals surface area contributed by atoms with Crippen molar-refractivity contribution in [2.45, 2.75) is 18.3 Å². The lowest BCUT2D eigenvalue weighted by atomic mass is 9.95. The minimum absolute atomic E-state index is 0.0891. The normalized spacial score (nSPS) is 14.7. The number of aromatic nitrogens is 3. The Hall–Kier alpha value is -3.22. The molecule has 1 aromatic carbocycles. The Morgan fingerprint density at radius 1 is 1.23 bits per heavy atom. The number of carbonyl (C=O) groups excluding carboxylic acids is 1. The summed E-state index contributed by atoms with van der Waals surface area (Å²) in [6, 6.07) is 12.2. The number of hydrogen-bond donors (Lipinski definition) is 1. The number of methoxy groups -OCH3 is 1. The number of hydrogen-bond acceptors (Lipinski definition) is 4. The van der Waals surface area contributed by atoms with Gasteiger partial charge >= 0.3 is 0 Å². The van der Waals surface area contributed by atoms with E-state index in [1.54, 1.807) is 25.4 Å². The molecule has 1 fully saturated rings. The van der Waals surface area contributed by atoms with Gasteiger partial charge < -0.3 is 10.1 Å². The first-order valence-corrected chi connectivity index (χ1v) is 8.24. The molecule has 3 aromatic rings. The topological polar surface area (TPSA) is 69.0 Å². The van der Waals surface area contributed by atoms with Gasteiger partial charge in [-0.3, -0.25) is 4.79 Å². The van der Waals surface area contributed by atoms with E-state index >= 15 is 0 Å². The van der Waals surface area contributed by atoms with Crippen LogP contribution in [-0.2, 0) is 10.2 Å². The number of halogens is 1. The first-order chi connectivity index (χ1) is 12.6. The van der Waals surface area contributed by atoms with Crippen molar-refractivity contribution >= 4 is 11.7 Å². The van der Waals surface area contributed by atoms with E-state index in [-0.39, 0.29) is 5.91 Å². The molecule has 0 atom stereocenters. The molecule has 2 heterocycles. The van der Waals surface area contributed by atoms with Crippen molar-refractivity contribution in [2.24, 2.45) is 0 Å². The average molecular weight is 352 g/mol. The molecular formula is C19H17FN4O2. The maximum atomic E-state index is 13.2. The lowest BCUT2D eigenvalue weighted by Crippen LogP contribution is -2.28. The molecule has 0 saturated heterocycles. The van der Waals surface area contributed by atoms with Gasteiger partial charge in [0.05, 0.1) is 18.2 Å². The molecule has 4 rings (SSSR count). The molecule has 0 aliphatic heterocycles. The Morgan fingerprint density at radius 2 is 2.00 bits per heavy atom. The molecule has 0 unspecified atom stereocenters. The Morgan fingerprint density at radius 3 is 2.65 bits per heavy atom. The van der Waals surface area contributed by atoms with Crippen molar-refractivity contribution in [1.29, 1.82) is 0 Å². The highest BCUT2D eigenvalue weighted by Gasteiger charge is 2.51. The molecule has 1 aliphatic carbocycles. The van der Waals surface area contributed by atoms with E-state index in [0.29, 0.717) is 11.5 Å². The summed E-state index contributed by atoms with van der Waals surface area (Å²) in [4.78, 5) is 16.3. The smallest absolute Gasteiger partial charge is 0.236 e. The van der Waals surface area contributed by atoms with Gasteiger partial charge in [-0.15, -0.1) is 0 Å². The van der Waals surface area contributed by atoms with Crippen LogP contribution in [0.4, 0.5) is 10.2 Å². The van der Waals surface area contributed by atoms with Gasteiger partial charge in [-0.25, -0.2) is 9.67 Å². The molecule has 132 valence electrons. The standard InChI is InChI=1S/C19H17FN4O2/c1-26-15-4-2-13(3-5-15)19(8-9-19)18(25)22-17-7-11-24(23-17)14-6-10-21-16(20)12-14/h2-7,10-12H,8-9H2,1H3,(H,22,23,25). The summed E-state index contributed by atoms with van der Waals surface area (Å²) in [6.07, 6.45) is 4.62. The van der Waals surface area contributed by atoms with E-state index in [2.05, 4.69) is 15.4 Å². The van der Waals surface area contributed by atoms with Crippen LogP contribution in [-0.4, -0.2) is 27.8 Å². The third kappa shape index (κ3) is 2.92. The predicted molar refractivity (Wildman–Crippen MR) is 93.9 cm³/mol. The average Bonchev–Trinajstić information content (AvgIpc) is 3.35. The lowest BCUT2D eigenvalue weighted by molar-refractivity contribution is -0.118. The Kier molecular flexibility index (Phi) is 3.91. The summed E-state index contributed by atoms with van der Waals surface area (Å²) in [5, 5.41) is 7.16. The third-order valence-corrected chi connectivity index (χ3v) is 4.63. The van der Waals surface area contributed by atoms with Crippen molar-refractivity contribution in [3.05, 3.63) is 66.4 Å². The van der Waals surface area contributed by atoms with E-state index < -0.39 is 11.4 Å². The second-order valence-corrected chi connectivity index (χ2v) is 6.25. The van der Waals surface area contributed by atoms with Crippen molar-refractivity contribution in [1.82, 2.24) is 14.8 Å². The predicted octanol–water partition coefficient (Wildman–Crippen LogP) is 3.09. The van der Waals surface area contributed by atoms with Crippen LogP contribution in [0.3, 0.4) is 0 Å². The summed E-state index contributed by atoms with van der Waals surface area (Å²) in [5.41, 5.74) is 0.986. The number of pyridine rings is 1. The number of carbonyl (C=O) groups is 1. The number of anilines is 1. The Bertz CT molecular complexity index is 948. The first-order valence-electron chi connectivity index (χ1n) is 8.24. The van der Waals surface area contributed by atoms with Crippen molar-refractivity contribution in [2.75, 3.05) is 12.4 Å². The molecule has 0 spiro atoms. The zero-order chi connectivity index (χ0) is 18.1. The van der Waals surface area contributed by atoms with E-state index in [9.17, 15) is 9.18 Å². The van der Waals surface area contributed by atoms with Crippen LogP contribution >= 0.6 is 0 Å².